The van der Waals surface area contributed by atoms with Crippen LogP contribution >= 0.6 is 31.3 Å². The quantitative estimate of drug-likeness (QED) is 0.720. The summed E-state index contributed by atoms with van der Waals surface area (Å²) in [4.78, 5) is 0. The van der Waals surface area contributed by atoms with Crippen LogP contribution in [0.5, 0.6) is 0 Å². The molecule has 72 valence electrons. The van der Waals surface area contributed by atoms with Crippen LogP contribution < -0.4 is 0 Å². The Labute approximate surface area is 90.7 Å². The normalized spacial score (nSPS) is 40.8. The van der Waals surface area contributed by atoms with Gasteiger partial charge in [0.05, 0.1) is 13.2 Å². The topological polar surface area (TPSA) is 18.5 Å². The van der Waals surface area contributed by atoms with Crippen molar-refractivity contribution in [3.05, 3.63) is 0 Å². The Morgan fingerprint density at radius 3 is 1.58 bits per heavy atom. The number of hydrogen-bond donors (Lipinski definition) is 0. The van der Waals surface area contributed by atoms with Crippen molar-refractivity contribution in [2.24, 2.45) is 0 Å². The second-order valence-corrected chi connectivity index (χ2v) is 21.9. The lowest BCUT2D eigenvalue weighted by atomic mass is 10.9. The number of rotatable bonds is 4. The molecule has 0 saturated carbocycles. The van der Waals surface area contributed by atoms with E-state index in [1.807, 2.05) is 13.8 Å². The molecule has 0 spiro atoms. The van der Waals surface area contributed by atoms with Gasteiger partial charge in [-0.2, -0.15) is 0 Å². The predicted octanol–water partition coefficient (Wildman–Crippen LogP) is 3.99. The summed E-state index contributed by atoms with van der Waals surface area (Å²) in [6, 6.07) is 0. The fourth-order valence-corrected chi connectivity index (χ4v) is 37.5. The maximum Gasteiger partial charge on any atom is 0.189 e. The molecule has 0 aromatic heterocycles. The fraction of sp³-hybridized carbons (Fsp3) is 1.00. The first kappa shape index (κ1) is 12.0. The van der Waals surface area contributed by atoms with E-state index in [1.54, 1.807) is 22.0 Å². The summed E-state index contributed by atoms with van der Waals surface area (Å²) in [5, 5.41) is 0. The van der Waals surface area contributed by atoms with Gasteiger partial charge in [0.15, 0.2) is 9.34 Å². The van der Waals surface area contributed by atoms with Crippen molar-refractivity contribution in [1.29, 1.82) is 0 Å². The van der Waals surface area contributed by atoms with Crippen molar-refractivity contribution in [1.82, 2.24) is 0 Å². The minimum Gasteiger partial charge on any atom is -0.334 e. The molecular weight excluding hydrogens is 270 g/mol. The van der Waals surface area contributed by atoms with Crippen LogP contribution in [-0.4, -0.2) is 13.2 Å². The molecule has 1 saturated heterocycles. The van der Waals surface area contributed by atoms with Crippen LogP contribution in [-0.2, 0) is 32.7 Å². The molecule has 1 aliphatic rings. The summed E-state index contributed by atoms with van der Waals surface area (Å²) in [5.74, 6) is 0. The van der Waals surface area contributed by atoms with Crippen LogP contribution in [0, 0.1) is 0 Å². The largest absolute Gasteiger partial charge is 0.334 e. The molecule has 0 aromatic rings. The van der Waals surface area contributed by atoms with Gasteiger partial charge in [-0.05, 0) is 59.5 Å². The molecule has 8 heteroatoms. The van der Waals surface area contributed by atoms with Crippen LogP contribution in [0.4, 0.5) is 0 Å². The maximum absolute atomic E-state index is 5.44. The molecule has 0 amide bonds. The molecule has 0 bridgehead atoms. The highest BCUT2D eigenvalue weighted by molar-refractivity contribution is 9.45. The van der Waals surface area contributed by atoms with Gasteiger partial charge in [0.25, 0.3) is 0 Å². The Bertz CT molecular complexity index is 217. The zero-order valence-electron chi connectivity index (χ0n) is 6.76. The molecule has 0 radical (unpaired) electrons. The maximum atomic E-state index is 5.44. The van der Waals surface area contributed by atoms with E-state index >= 15 is 0 Å². The van der Waals surface area contributed by atoms with Gasteiger partial charge in [0.1, 0.15) is 0 Å². The molecule has 1 aliphatic heterocycles. The first-order valence-electron chi connectivity index (χ1n) is 3.45. The molecule has 0 N–H and O–H groups in total. The smallest absolute Gasteiger partial charge is 0.189 e. The van der Waals surface area contributed by atoms with Crippen LogP contribution in [0.15, 0.2) is 0 Å². The molecule has 0 aromatic carbocycles. The first-order valence-corrected chi connectivity index (χ1v) is 12.9. The average Bonchev–Trinajstić information content (AvgIpc) is 1.84. The molecule has 1 fully saturated rings. The SMILES string of the molecule is CCOP1(=S)SP(=S)(OCC)S1. The van der Waals surface area contributed by atoms with Gasteiger partial charge in [-0.15, -0.1) is 0 Å². The van der Waals surface area contributed by atoms with Gasteiger partial charge in [0, 0.05) is 0 Å². The molecule has 0 aliphatic carbocycles. The lowest BCUT2D eigenvalue weighted by molar-refractivity contribution is 0.388. The zero-order valence-corrected chi connectivity index (χ0v) is 11.8. The fourth-order valence-electron chi connectivity index (χ4n) is 0.662. The van der Waals surface area contributed by atoms with E-state index in [2.05, 4.69) is 0 Å². The average molecular weight is 280 g/mol. The van der Waals surface area contributed by atoms with E-state index in [9.17, 15) is 0 Å². The number of hydrogen-bond acceptors (Lipinski definition) is 6. The predicted molar refractivity (Wildman–Crippen MR) is 67.0 cm³/mol. The molecule has 2 nitrogen and oxygen atoms in total. The van der Waals surface area contributed by atoms with E-state index < -0.39 is 9.34 Å². The second-order valence-electron chi connectivity index (χ2n) is 1.89. The molecule has 0 unspecified atom stereocenters. The Morgan fingerprint density at radius 2 is 1.33 bits per heavy atom. The summed E-state index contributed by atoms with van der Waals surface area (Å²) in [6.07, 6.45) is 0. The summed E-state index contributed by atoms with van der Waals surface area (Å²) < 4.78 is 7.57. The monoisotopic (exact) mass is 280 g/mol. The summed E-state index contributed by atoms with van der Waals surface area (Å²) in [7, 11) is 0. The standard InChI is InChI=1S/C4H10O2P2S4/c1-3-5-7(9)11-8(10,12-7)6-4-2/h3-4H2,1-2H3. The minimum atomic E-state index is -1.66. The third-order valence-corrected chi connectivity index (χ3v) is 28.8. The third kappa shape index (κ3) is 2.96. The van der Waals surface area contributed by atoms with Crippen molar-refractivity contribution in [3.8, 4) is 0 Å². The van der Waals surface area contributed by atoms with Crippen LogP contribution in [0.2, 0.25) is 0 Å². The summed E-state index contributed by atoms with van der Waals surface area (Å²) in [6.45, 7) is 5.27. The van der Waals surface area contributed by atoms with E-state index in [0.29, 0.717) is 13.2 Å². The Hall–Kier alpha value is 1.92. The Balaban J connectivity index is 2.45. The second kappa shape index (κ2) is 4.63. The Morgan fingerprint density at radius 1 is 1.00 bits per heavy atom. The highest BCUT2D eigenvalue weighted by Gasteiger charge is 2.46. The van der Waals surface area contributed by atoms with Gasteiger partial charge in [-0.1, -0.05) is 0 Å². The van der Waals surface area contributed by atoms with Crippen molar-refractivity contribution in [2.45, 2.75) is 13.8 Å². The minimum absolute atomic E-state index is 0.679. The summed E-state index contributed by atoms with van der Waals surface area (Å²) in [5.41, 5.74) is 0. The van der Waals surface area contributed by atoms with Crippen LogP contribution in [0.3, 0.4) is 0 Å². The highest BCUT2D eigenvalue weighted by Crippen LogP contribution is 3.05. The van der Waals surface area contributed by atoms with Crippen LogP contribution in [0.25, 0.3) is 0 Å². The zero-order chi connectivity index (χ0) is 9.24. The van der Waals surface area contributed by atoms with Crippen LogP contribution in [0.1, 0.15) is 13.8 Å². The van der Waals surface area contributed by atoms with E-state index in [4.69, 9.17) is 32.7 Å². The summed E-state index contributed by atoms with van der Waals surface area (Å²) >= 11 is 13.8. The van der Waals surface area contributed by atoms with Crippen molar-refractivity contribution in [3.63, 3.8) is 0 Å². The van der Waals surface area contributed by atoms with Crippen molar-refractivity contribution in [2.75, 3.05) is 13.2 Å². The van der Waals surface area contributed by atoms with Crippen molar-refractivity contribution >= 4 is 55.0 Å². The van der Waals surface area contributed by atoms with Crippen molar-refractivity contribution < 1.29 is 9.05 Å². The lowest BCUT2D eigenvalue weighted by Gasteiger charge is -2.37. The van der Waals surface area contributed by atoms with Gasteiger partial charge >= 0.3 is 0 Å². The third-order valence-electron chi connectivity index (χ3n) is 0.974. The van der Waals surface area contributed by atoms with E-state index in [1.165, 1.54) is 0 Å². The van der Waals surface area contributed by atoms with Gasteiger partial charge < -0.3 is 9.05 Å². The first-order chi connectivity index (χ1) is 5.54. The van der Waals surface area contributed by atoms with Gasteiger partial charge in [-0.3, -0.25) is 0 Å². The van der Waals surface area contributed by atoms with Gasteiger partial charge in [-0.25, -0.2) is 0 Å². The lowest BCUT2D eigenvalue weighted by Crippen LogP contribution is -1.92. The van der Waals surface area contributed by atoms with E-state index in [-0.39, 0.29) is 0 Å². The molecular formula is C4H10O2P2S4. The molecule has 1 rings (SSSR count). The molecule has 1 heterocycles. The molecule has 0 atom stereocenters. The van der Waals surface area contributed by atoms with Gasteiger partial charge in [0.2, 0.25) is 0 Å². The van der Waals surface area contributed by atoms with E-state index in [0.717, 1.165) is 0 Å². The highest BCUT2D eigenvalue weighted by atomic mass is 33.7. The Kier molecular flexibility index (Phi) is 4.62. The molecule has 12 heavy (non-hydrogen) atoms.